The van der Waals surface area contributed by atoms with E-state index in [9.17, 15) is 9.59 Å². The number of Topliss-reactive ketones (excluding diaryl/α,β-unsaturated/α-hetero) is 1. The summed E-state index contributed by atoms with van der Waals surface area (Å²) in [4.78, 5) is 25.3. The maximum Gasteiger partial charge on any atom is 0.340 e. The summed E-state index contributed by atoms with van der Waals surface area (Å²) in [5.41, 5.74) is 2.91. The predicted octanol–water partition coefficient (Wildman–Crippen LogP) is 4.20. The van der Waals surface area contributed by atoms with E-state index in [1.54, 1.807) is 32.2 Å². The second-order valence-electron chi connectivity index (χ2n) is 8.01. The summed E-state index contributed by atoms with van der Waals surface area (Å²) in [7, 11) is 3.57. The quantitative estimate of drug-likeness (QED) is 0.349. The maximum atomic E-state index is 13.0. The highest BCUT2D eigenvalue weighted by Gasteiger charge is 2.32. The standard InChI is InChI=1S/C25H23NO6/c1-14-20(32-25(28)21-5-4-10-30-21)9-7-17-23(27)22(31-24(14)17)11-15-13-26(2)19-8-6-16(29-3)12-18(15)19/h6-9,11-13,21H,4-5,10H2,1-3H3/b22-11-. The fraction of sp³-hybridized carbons (Fsp3) is 0.280. The number of fused-ring (bicyclic) bond motifs is 2. The number of carbonyl (C=O) groups excluding carboxylic acids is 2. The average molecular weight is 433 g/mol. The van der Waals surface area contributed by atoms with Crippen LogP contribution in [0.3, 0.4) is 0 Å². The Kier molecular flexibility index (Phi) is 4.98. The number of aryl methyl sites for hydroxylation is 1. The molecule has 0 saturated carbocycles. The van der Waals surface area contributed by atoms with E-state index in [0.717, 1.165) is 28.6 Å². The van der Waals surface area contributed by atoms with Crippen LogP contribution < -0.4 is 14.2 Å². The molecule has 164 valence electrons. The van der Waals surface area contributed by atoms with Crippen molar-refractivity contribution < 1.29 is 28.5 Å². The Morgan fingerprint density at radius 3 is 2.84 bits per heavy atom. The van der Waals surface area contributed by atoms with Crippen LogP contribution in [-0.2, 0) is 16.6 Å². The molecule has 2 aliphatic heterocycles. The first-order valence-corrected chi connectivity index (χ1v) is 10.5. The van der Waals surface area contributed by atoms with Gasteiger partial charge < -0.3 is 23.5 Å². The first kappa shape index (κ1) is 20.3. The van der Waals surface area contributed by atoms with Crippen LogP contribution in [0.15, 0.2) is 42.3 Å². The molecule has 0 bridgehead atoms. The zero-order valence-electron chi connectivity index (χ0n) is 18.1. The van der Waals surface area contributed by atoms with Gasteiger partial charge in [0.2, 0.25) is 5.78 Å². The normalized spacial score (nSPS) is 18.8. The molecular formula is C25H23NO6. The number of ether oxygens (including phenoxy) is 4. The second-order valence-corrected chi connectivity index (χ2v) is 8.01. The van der Waals surface area contributed by atoms with Gasteiger partial charge in [-0.2, -0.15) is 0 Å². The molecule has 3 heterocycles. The molecule has 2 aliphatic rings. The van der Waals surface area contributed by atoms with Gasteiger partial charge in [0.15, 0.2) is 11.9 Å². The lowest BCUT2D eigenvalue weighted by molar-refractivity contribution is -0.144. The Balaban J connectivity index is 1.47. The van der Waals surface area contributed by atoms with E-state index in [1.165, 1.54) is 0 Å². The van der Waals surface area contributed by atoms with Crippen molar-refractivity contribution in [1.29, 1.82) is 0 Å². The molecule has 3 aromatic rings. The van der Waals surface area contributed by atoms with Gasteiger partial charge in [0.05, 0.1) is 12.7 Å². The monoisotopic (exact) mass is 433 g/mol. The number of esters is 1. The van der Waals surface area contributed by atoms with Crippen molar-refractivity contribution in [3.05, 3.63) is 59.0 Å². The molecule has 1 saturated heterocycles. The summed E-state index contributed by atoms with van der Waals surface area (Å²) in [6.07, 6.45) is 4.64. The summed E-state index contributed by atoms with van der Waals surface area (Å²) in [5, 5.41) is 0.953. The highest BCUT2D eigenvalue weighted by Crippen LogP contribution is 2.40. The summed E-state index contributed by atoms with van der Waals surface area (Å²) in [5.74, 6) is 1.11. The van der Waals surface area contributed by atoms with Crippen LogP contribution in [0.1, 0.15) is 34.3 Å². The molecule has 0 spiro atoms. The van der Waals surface area contributed by atoms with Crippen LogP contribution in [0, 0.1) is 6.92 Å². The molecule has 7 heteroatoms. The fourth-order valence-electron chi connectivity index (χ4n) is 4.20. The van der Waals surface area contributed by atoms with E-state index in [1.807, 2.05) is 36.0 Å². The number of allylic oxidation sites excluding steroid dienone is 1. The third-order valence-corrected chi connectivity index (χ3v) is 5.95. The van der Waals surface area contributed by atoms with Crippen LogP contribution >= 0.6 is 0 Å². The van der Waals surface area contributed by atoms with E-state index in [-0.39, 0.29) is 11.5 Å². The Bertz CT molecular complexity index is 1280. The lowest BCUT2D eigenvalue weighted by Gasteiger charge is -2.12. The van der Waals surface area contributed by atoms with Crippen LogP contribution in [0.25, 0.3) is 17.0 Å². The molecule has 0 amide bonds. The van der Waals surface area contributed by atoms with Gasteiger partial charge in [-0.1, -0.05) is 0 Å². The summed E-state index contributed by atoms with van der Waals surface area (Å²) < 4.78 is 24.2. The SMILES string of the molecule is COc1ccc2c(c1)c(/C=C1\Oc3c(ccc(OC(=O)C4CCCO4)c3C)C1=O)cn2C. The molecule has 1 unspecified atom stereocenters. The first-order valence-electron chi connectivity index (χ1n) is 10.5. The fourth-order valence-corrected chi connectivity index (χ4v) is 4.20. The van der Waals surface area contributed by atoms with Crippen LogP contribution in [0.5, 0.6) is 17.2 Å². The van der Waals surface area contributed by atoms with Crippen molar-refractivity contribution in [2.45, 2.75) is 25.9 Å². The van der Waals surface area contributed by atoms with E-state index in [2.05, 4.69) is 0 Å². The van der Waals surface area contributed by atoms with Crippen molar-refractivity contribution >= 4 is 28.7 Å². The van der Waals surface area contributed by atoms with Crippen molar-refractivity contribution in [1.82, 2.24) is 4.57 Å². The molecule has 0 aliphatic carbocycles. The van der Waals surface area contributed by atoms with E-state index < -0.39 is 12.1 Å². The largest absolute Gasteiger partial charge is 0.497 e. The number of aromatic nitrogens is 1. The lowest BCUT2D eigenvalue weighted by atomic mass is 10.1. The number of ketones is 1. The smallest absolute Gasteiger partial charge is 0.340 e. The Morgan fingerprint density at radius 2 is 2.09 bits per heavy atom. The summed E-state index contributed by atoms with van der Waals surface area (Å²) >= 11 is 0. The van der Waals surface area contributed by atoms with E-state index >= 15 is 0 Å². The number of carbonyl (C=O) groups is 2. The van der Waals surface area contributed by atoms with E-state index in [0.29, 0.717) is 35.7 Å². The molecule has 7 nitrogen and oxygen atoms in total. The summed E-state index contributed by atoms with van der Waals surface area (Å²) in [6, 6.07) is 9.07. The number of methoxy groups -OCH3 is 1. The van der Waals surface area contributed by atoms with Gasteiger partial charge in [0.1, 0.15) is 17.2 Å². The molecule has 1 atom stereocenters. The number of hydrogen-bond donors (Lipinski definition) is 0. The minimum Gasteiger partial charge on any atom is -0.497 e. The zero-order valence-corrected chi connectivity index (χ0v) is 18.1. The minimum atomic E-state index is -0.538. The molecule has 2 aromatic carbocycles. The van der Waals surface area contributed by atoms with Crippen molar-refractivity contribution in [3.8, 4) is 17.2 Å². The zero-order chi connectivity index (χ0) is 22.4. The van der Waals surface area contributed by atoms with Gasteiger partial charge >= 0.3 is 5.97 Å². The van der Waals surface area contributed by atoms with Gasteiger partial charge in [-0.25, -0.2) is 4.79 Å². The number of hydrogen-bond acceptors (Lipinski definition) is 6. The van der Waals surface area contributed by atoms with Crippen molar-refractivity contribution in [3.63, 3.8) is 0 Å². The third kappa shape index (κ3) is 3.35. The molecule has 32 heavy (non-hydrogen) atoms. The van der Waals surface area contributed by atoms with Crippen LogP contribution in [0.4, 0.5) is 0 Å². The predicted molar refractivity (Wildman–Crippen MR) is 118 cm³/mol. The average Bonchev–Trinajstić information content (AvgIpc) is 3.51. The Morgan fingerprint density at radius 1 is 1.25 bits per heavy atom. The Hall–Kier alpha value is -3.58. The maximum absolute atomic E-state index is 13.0. The number of benzene rings is 2. The lowest BCUT2D eigenvalue weighted by Crippen LogP contribution is -2.25. The van der Waals surface area contributed by atoms with Gasteiger partial charge in [-0.3, -0.25) is 4.79 Å². The third-order valence-electron chi connectivity index (χ3n) is 5.95. The molecule has 0 N–H and O–H groups in total. The minimum absolute atomic E-state index is 0.208. The van der Waals surface area contributed by atoms with Crippen molar-refractivity contribution in [2.75, 3.05) is 13.7 Å². The molecule has 1 aromatic heterocycles. The second kappa shape index (κ2) is 7.84. The summed E-state index contributed by atoms with van der Waals surface area (Å²) in [6.45, 7) is 2.34. The van der Waals surface area contributed by atoms with Gasteiger partial charge in [-0.05, 0) is 56.2 Å². The van der Waals surface area contributed by atoms with Crippen LogP contribution in [-0.4, -0.2) is 36.1 Å². The molecule has 5 rings (SSSR count). The molecule has 0 radical (unpaired) electrons. The molecule has 1 fully saturated rings. The molecular weight excluding hydrogens is 410 g/mol. The van der Waals surface area contributed by atoms with E-state index in [4.69, 9.17) is 18.9 Å². The highest BCUT2D eigenvalue weighted by atomic mass is 16.6. The number of rotatable bonds is 4. The van der Waals surface area contributed by atoms with Crippen LogP contribution in [0.2, 0.25) is 0 Å². The topological polar surface area (TPSA) is 76.0 Å². The van der Waals surface area contributed by atoms with Gasteiger partial charge in [0.25, 0.3) is 0 Å². The first-order chi connectivity index (χ1) is 15.5. The number of nitrogens with zero attached hydrogens (tertiary/aromatic N) is 1. The highest BCUT2D eigenvalue weighted by molar-refractivity contribution is 6.15. The Labute approximate surface area is 185 Å². The van der Waals surface area contributed by atoms with Gasteiger partial charge in [-0.15, -0.1) is 0 Å². The van der Waals surface area contributed by atoms with Crippen molar-refractivity contribution in [2.24, 2.45) is 7.05 Å². The van der Waals surface area contributed by atoms with Gasteiger partial charge in [0, 0.05) is 41.9 Å².